The highest BCUT2D eigenvalue weighted by Crippen LogP contribution is 2.45. The molecule has 0 unspecified atom stereocenters. The molecule has 1 aliphatic rings. The number of amides is 1. The summed E-state index contributed by atoms with van der Waals surface area (Å²) >= 11 is 0. The predicted octanol–water partition coefficient (Wildman–Crippen LogP) is 9.76. The number of cyclic esters (lactones) is 1. The number of halogens is 10. The first kappa shape index (κ1) is 27.6. The van der Waals surface area contributed by atoms with Gasteiger partial charge in [0.1, 0.15) is 17.6 Å². The fourth-order valence-electron chi connectivity index (χ4n) is 4.67. The van der Waals surface area contributed by atoms with Crippen molar-refractivity contribution in [2.75, 3.05) is 7.11 Å². The van der Waals surface area contributed by atoms with Gasteiger partial charge in [-0.25, -0.2) is 9.18 Å². The minimum absolute atomic E-state index is 0.0175. The Morgan fingerprint density at radius 3 is 1.98 bits per heavy atom. The Hall–Kier alpha value is -3.97. The van der Waals surface area contributed by atoms with Crippen LogP contribution in [0.1, 0.15) is 71.6 Å². The van der Waals surface area contributed by atoms with Gasteiger partial charge in [0.15, 0.2) is 0 Å². The van der Waals surface area contributed by atoms with E-state index in [4.69, 9.17) is 15.0 Å². The smallest absolute Gasteiger partial charge is 0.416 e. The van der Waals surface area contributed by atoms with Crippen LogP contribution in [0.25, 0.3) is 11.1 Å². The quantitative estimate of drug-likeness (QED) is 0.252. The molecule has 3 aromatic carbocycles. The van der Waals surface area contributed by atoms with Crippen LogP contribution in [-0.4, -0.2) is 24.1 Å². The molecule has 0 aliphatic carbocycles. The highest BCUT2D eigenvalue weighted by molar-refractivity contribution is 5.79. The van der Waals surface area contributed by atoms with Gasteiger partial charge in [0.05, 0.1) is 41.8 Å². The lowest BCUT2D eigenvalue weighted by Gasteiger charge is -2.25. The van der Waals surface area contributed by atoms with E-state index in [0.29, 0.717) is 13.0 Å². The van der Waals surface area contributed by atoms with Crippen molar-refractivity contribution in [2.24, 2.45) is 0 Å². The first-order chi connectivity index (χ1) is 21.7. The van der Waals surface area contributed by atoms with E-state index in [9.17, 15) is 44.3 Å². The lowest BCUT2D eigenvalue weighted by atomic mass is 9.88. The van der Waals surface area contributed by atoms with Crippen LogP contribution in [0.5, 0.6) is 5.75 Å². The van der Waals surface area contributed by atoms with Crippen LogP contribution in [0.15, 0.2) is 48.5 Å². The fraction of sp³-hybridized carbons (Fsp3) is 0.367. The molecule has 14 heteroatoms. The van der Waals surface area contributed by atoms with Crippen molar-refractivity contribution in [3.05, 3.63) is 87.7 Å². The van der Waals surface area contributed by atoms with Crippen molar-refractivity contribution in [3.8, 4) is 16.9 Å². The third-order valence-electron chi connectivity index (χ3n) is 6.69. The zero-order valence-corrected chi connectivity index (χ0v) is 23.1. The second-order valence-electron chi connectivity index (χ2n) is 9.98. The zero-order valence-electron chi connectivity index (χ0n) is 27.1. The number of alkyl halides is 9. The number of methoxy groups -OCH3 is 1. The number of benzene rings is 3. The highest BCUT2D eigenvalue weighted by atomic mass is 19.4. The molecule has 0 spiro atoms. The van der Waals surface area contributed by atoms with Crippen LogP contribution >= 0.6 is 0 Å². The Labute approximate surface area is 250 Å². The van der Waals surface area contributed by atoms with Gasteiger partial charge < -0.3 is 9.47 Å². The molecule has 1 aliphatic heterocycles. The summed E-state index contributed by atoms with van der Waals surface area (Å²) in [6.07, 6.45) is -21.5. The minimum atomic E-state index is -5.42. The van der Waals surface area contributed by atoms with Crippen LogP contribution in [0, 0.1) is 5.82 Å². The topological polar surface area (TPSA) is 38.8 Å². The average Bonchev–Trinajstić information content (AvgIpc) is 3.14. The Morgan fingerprint density at radius 2 is 1.48 bits per heavy atom. The molecule has 1 amide bonds. The van der Waals surface area contributed by atoms with E-state index in [2.05, 4.69) is 0 Å². The van der Waals surface area contributed by atoms with Crippen molar-refractivity contribution in [2.45, 2.75) is 63.8 Å². The number of carbonyl (C=O) groups excluding carboxylic acids is 1. The van der Waals surface area contributed by atoms with Gasteiger partial charge in [-0.15, -0.1) is 0 Å². The Balaban J connectivity index is 2.04. The van der Waals surface area contributed by atoms with E-state index in [0.717, 1.165) is 25.3 Å². The van der Waals surface area contributed by atoms with E-state index in [1.165, 1.54) is 13.8 Å². The maximum Gasteiger partial charge on any atom is 0.416 e. The molecule has 0 N–H and O–H groups in total. The van der Waals surface area contributed by atoms with Crippen LogP contribution in [-0.2, 0) is 29.8 Å². The normalized spacial score (nSPS) is 22.8. The molecule has 4 nitrogen and oxygen atoms in total. The molecule has 3 aromatic rings. The first-order valence-electron chi connectivity index (χ1n) is 14.6. The van der Waals surface area contributed by atoms with E-state index < -0.39 is 88.3 Å². The molecule has 0 radical (unpaired) electrons. The SMILES string of the molecule is [2H]C([2H])(c1cc(C(F)(F)F)ccc1-c1c(OC)ccc(F)c1C(C)C)N1C(=O)O[C@]([2H])(c2cc(C(F)(F)F)cc(C(F)(F)F)c2)[C@]1([2H])C. The largest absolute Gasteiger partial charge is 0.496 e. The molecule has 0 bridgehead atoms. The van der Waals surface area contributed by atoms with Gasteiger partial charge in [-0.05, 0) is 72.0 Å². The summed E-state index contributed by atoms with van der Waals surface area (Å²) in [6.45, 7) is -0.0484. The van der Waals surface area contributed by atoms with Gasteiger partial charge >= 0.3 is 24.6 Å². The van der Waals surface area contributed by atoms with Crippen LogP contribution in [0.2, 0.25) is 0 Å². The number of rotatable bonds is 6. The fourth-order valence-corrected chi connectivity index (χ4v) is 4.67. The zero-order chi connectivity index (χ0) is 36.6. The van der Waals surface area contributed by atoms with Gasteiger partial charge in [0.25, 0.3) is 0 Å². The predicted molar refractivity (Wildman–Crippen MR) is 138 cm³/mol. The molecule has 0 saturated carbocycles. The van der Waals surface area contributed by atoms with Crippen molar-refractivity contribution in [3.63, 3.8) is 0 Å². The molecule has 1 saturated heterocycles. The summed E-state index contributed by atoms with van der Waals surface area (Å²) in [7, 11) is 1.14. The molecule has 1 heterocycles. The summed E-state index contributed by atoms with van der Waals surface area (Å²) in [5.74, 6) is -1.71. The van der Waals surface area contributed by atoms with Gasteiger partial charge in [0.2, 0.25) is 0 Å². The van der Waals surface area contributed by atoms with Crippen molar-refractivity contribution < 1.29 is 63.7 Å². The van der Waals surface area contributed by atoms with Gasteiger partial charge in [-0.2, -0.15) is 39.5 Å². The molecule has 4 rings (SSSR count). The molecule has 44 heavy (non-hydrogen) atoms. The Kier molecular flexibility index (Phi) is 7.21. The lowest BCUT2D eigenvalue weighted by molar-refractivity contribution is -0.143. The van der Waals surface area contributed by atoms with Crippen LogP contribution in [0.3, 0.4) is 0 Å². The van der Waals surface area contributed by atoms with Crippen molar-refractivity contribution >= 4 is 6.09 Å². The second-order valence-corrected chi connectivity index (χ2v) is 9.98. The summed E-state index contributed by atoms with van der Waals surface area (Å²) in [5, 5.41) is 0. The number of ether oxygens (including phenoxy) is 2. The monoisotopic (exact) mass is 641 g/mol. The maximum absolute atomic E-state index is 15.2. The Bertz CT molecular complexity index is 1720. The minimum Gasteiger partial charge on any atom is -0.496 e. The van der Waals surface area contributed by atoms with Crippen LogP contribution < -0.4 is 4.74 Å². The number of carbonyl (C=O) groups is 1. The average molecular weight is 642 g/mol. The van der Waals surface area contributed by atoms with E-state index >= 15 is 4.39 Å². The molecule has 238 valence electrons. The molecular weight excluding hydrogens is 612 g/mol. The van der Waals surface area contributed by atoms with E-state index in [-0.39, 0.29) is 46.0 Å². The number of hydrogen-bond donors (Lipinski definition) is 0. The third-order valence-corrected chi connectivity index (χ3v) is 6.69. The first-order valence-corrected chi connectivity index (χ1v) is 12.6. The summed E-state index contributed by atoms with van der Waals surface area (Å²) in [6, 6.07) is 0.130. The molecule has 2 atom stereocenters. The maximum atomic E-state index is 15.2. The van der Waals surface area contributed by atoms with E-state index in [1.54, 1.807) is 0 Å². The highest BCUT2D eigenvalue weighted by Gasteiger charge is 2.44. The van der Waals surface area contributed by atoms with Crippen molar-refractivity contribution in [1.82, 2.24) is 4.90 Å². The standard InChI is InChI=1S/C30H25F10NO3/c1-14(2)24-22(31)7-8-23(43-4)25(24)21-6-5-18(28(32,33)34)11-17(21)13-41-15(3)26(44-27(41)42)16-9-19(29(35,36)37)12-20(10-16)30(38,39)40/h5-12,14-15,26H,13H2,1-4H3/t15-,26-/m0/s1/i13D2,15D,26D. The molecular formula is C30H25F10NO3. The summed E-state index contributed by atoms with van der Waals surface area (Å²) < 4.78 is 185. The number of nitrogens with zero attached hydrogens (tertiary/aromatic N) is 1. The van der Waals surface area contributed by atoms with Crippen molar-refractivity contribution in [1.29, 1.82) is 0 Å². The Morgan fingerprint density at radius 1 is 0.909 bits per heavy atom. The summed E-state index contributed by atoms with van der Waals surface area (Å²) in [5.41, 5.74) is -8.59. The van der Waals surface area contributed by atoms with Gasteiger partial charge in [-0.1, -0.05) is 19.9 Å². The summed E-state index contributed by atoms with van der Waals surface area (Å²) in [4.78, 5) is 13.1. The van der Waals surface area contributed by atoms with Crippen LogP contribution in [0.4, 0.5) is 48.7 Å². The van der Waals surface area contributed by atoms with Gasteiger partial charge in [0, 0.05) is 11.1 Å². The third kappa shape index (κ3) is 6.43. The lowest BCUT2D eigenvalue weighted by Crippen LogP contribution is -2.32. The molecule has 0 aromatic heterocycles. The molecule has 1 fully saturated rings. The van der Waals surface area contributed by atoms with Gasteiger partial charge in [-0.3, -0.25) is 4.90 Å². The second kappa shape index (κ2) is 11.5. The number of hydrogen-bond acceptors (Lipinski definition) is 3. The van der Waals surface area contributed by atoms with E-state index in [1.807, 2.05) is 0 Å².